The van der Waals surface area contributed by atoms with Gasteiger partial charge in [-0.2, -0.15) is 9.78 Å². The van der Waals surface area contributed by atoms with E-state index in [0.717, 1.165) is 30.4 Å². The lowest BCUT2D eigenvalue weighted by Crippen LogP contribution is -2.52. The fourth-order valence-electron chi connectivity index (χ4n) is 6.75. The van der Waals surface area contributed by atoms with Gasteiger partial charge in [0, 0.05) is 37.7 Å². The summed E-state index contributed by atoms with van der Waals surface area (Å²) >= 11 is 6.12. The Hall–Kier alpha value is -5.51. The van der Waals surface area contributed by atoms with E-state index in [4.69, 9.17) is 16.3 Å². The quantitative estimate of drug-likeness (QED) is 0.0386. The predicted octanol–water partition coefficient (Wildman–Crippen LogP) is 7.54. The maximum absolute atomic E-state index is 14.1. The molecule has 0 aliphatic carbocycles. The lowest BCUT2D eigenvalue weighted by molar-refractivity contribution is 0.193. The number of hydrogen-bond donors (Lipinski definition) is 5. The number of ether oxygens (including phenoxy) is 1. The molecule has 1 aliphatic heterocycles. The fourth-order valence-corrected chi connectivity index (χ4v) is 6.88. The highest BCUT2D eigenvalue weighted by atomic mass is 35.5. The Morgan fingerprint density at radius 3 is 1.87 bits per heavy atom. The summed E-state index contributed by atoms with van der Waals surface area (Å²) in [5, 5.41) is 40.4. The largest absolute Gasteiger partial charge is 0.449 e. The highest BCUT2D eigenvalue weighted by Crippen LogP contribution is 2.31. The Labute approximate surface area is 356 Å². The zero-order valence-corrected chi connectivity index (χ0v) is 36.0. The molecule has 0 spiro atoms. The average molecular weight is 846 g/mol. The number of nitrogens with zero attached hydrogens (tertiary/aromatic N) is 6. The Morgan fingerprint density at radius 2 is 1.33 bits per heavy atom. The van der Waals surface area contributed by atoms with Crippen LogP contribution in [0.15, 0.2) is 94.1 Å². The molecular formula is C44H57ClFN9O5. The van der Waals surface area contributed by atoms with E-state index in [0.29, 0.717) is 79.4 Å². The van der Waals surface area contributed by atoms with Crippen LogP contribution in [0.3, 0.4) is 0 Å². The minimum absolute atomic E-state index is 0.0896. The molecule has 5 rings (SSSR count). The van der Waals surface area contributed by atoms with Crippen LogP contribution in [0.4, 0.5) is 14.9 Å². The van der Waals surface area contributed by atoms with Gasteiger partial charge in [-0.15, -0.1) is 0 Å². The van der Waals surface area contributed by atoms with Gasteiger partial charge in [0.25, 0.3) is 0 Å². The molecule has 4 aromatic rings. The monoisotopic (exact) mass is 845 g/mol. The van der Waals surface area contributed by atoms with Crippen LogP contribution in [0, 0.1) is 11.7 Å². The van der Waals surface area contributed by atoms with Gasteiger partial charge in [-0.1, -0.05) is 46.2 Å². The van der Waals surface area contributed by atoms with Crippen LogP contribution in [0.25, 0.3) is 16.8 Å². The summed E-state index contributed by atoms with van der Waals surface area (Å²) in [5.41, 5.74) is 2.50. The van der Waals surface area contributed by atoms with Crippen molar-refractivity contribution in [3.8, 4) is 28.3 Å². The van der Waals surface area contributed by atoms with E-state index in [9.17, 15) is 24.4 Å². The Kier molecular flexibility index (Phi) is 15.7. The standard InChI is InChI=1S/C44H57ClFN9O5/c1-30(51-58)43(3,4)48-23-20-32(21-24-49-44(5,6)31(2)52-59)19-22-47-42(57)54-27-25-53(26-28-54)39-29-50-55(37-15-11-35(45)12-16-37)41(56)40(39)60-38-17-9-34(10-18-38)33-7-13-36(46)14-8-33/h7-18,29,32,48-49,58-59H,19-28H2,1-6H3,(H,47,57)/b51-30+,52-31+. The maximum Gasteiger partial charge on any atom is 0.317 e. The summed E-state index contributed by atoms with van der Waals surface area (Å²) in [6.45, 7) is 15.0. The summed E-state index contributed by atoms with van der Waals surface area (Å²) in [6.07, 6.45) is 4.02. The third kappa shape index (κ3) is 12.0. The highest BCUT2D eigenvalue weighted by Gasteiger charge is 2.27. The molecule has 1 saturated heterocycles. The summed E-state index contributed by atoms with van der Waals surface area (Å²) in [5.74, 6) is 0.467. The maximum atomic E-state index is 14.1. The topological polar surface area (TPSA) is 169 Å². The predicted molar refractivity (Wildman–Crippen MR) is 235 cm³/mol. The molecule has 0 atom stereocenters. The van der Waals surface area contributed by atoms with Crippen molar-refractivity contribution in [2.24, 2.45) is 16.2 Å². The minimum atomic E-state index is -0.474. The van der Waals surface area contributed by atoms with E-state index < -0.39 is 16.6 Å². The molecule has 5 N–H and O–H groups in total. The van der Waals surface area contributed by atoms with Crippen molar-refractivity contribution in [2.45, 2.75) is 71.9 Å². The third-order valence-corrected chi connectivity index (χ3v) is 11.6. The molecule has 1 aromatic heterocycles. The normalized spacial score (nSPS) is 14.6. The SMILES string of the molecule is C/C(=N\O)C(C)(C)NCCC(CCNC(=O)N1CCN(c2cnn(-c3ccc(Cl)cc3)c(=O)c2Oc2ccc(-c3ccc(F)cc3)cc2)CC1)CCNC(C)(C)/C(C)=N/O. The highest BCUT2D eigenvalue weighted by molar-refractivity contribution is 6.30. The van der Waals surface area contributed by atoms with Gasteiger partial charge in [0.2, 0.25) is 5.75 Å². The molecule has 60 heavy (non-hydrogen) atoms. The number of amides is 2. The van der Waals surface area contributed by atoms with E-state index in [1.54, 1.807) is 73.5 Å². The van der Waals surface area contributed by atoms with E-state index in [1.165, 1.54) is 16.8 Å². The van der Waals surface area contributed by atoms with Crippen LogP contribution >= 0.6 is 11.6 Å². The van der Waals surface area contributed by atoms with Crippen molar-refractivity contribution >= 4 is 34.7 Å². The van der Waals surface area contributed by atoms with Crippen molar-refractivity contribution in [3.63, 3.8) is 0 Å². The number of oxime groups is 2. The number of rotatable bonds is 18. The van der Waals surface area contributed by atoms with Crippen molar-refractivity contribution in [1.29, 1.82) is 0 Å². The van der Waals surface area contributed by atoms with Crippen LogP contribution in [-0.2, 0) is 0 Å². The van der Waals surface area contributed by atoms with E-state index in [2.05, 4.69) is 31.4 Å². The first-order valence-corrected chi connectivity index (χ1v) is 20.6. The first kappa shape index (κ1) is 45.6. The van der Waals surface area contributed by atoms with Crippen LogP contribution in [-0.4, -0.2) is 99.4 Å². The Bertz CT molecular complexity index is 2120. The van der Waals surface area contributed by atoms with Crippen molar-refractivity contribution in [2.75, 3.05) is 50.7 Å². The lowest BCUT2D eigenvalue weighted by Gasteiger charge is -2.36. The second-order valence-corrected chi connectivity index (χ2v) is 16.5. The van der Waals surface area contributed by atoms with E-state index in [-0.39, 0.29) is 23.5 Å². The zero-order chi connectivity index (χ0) is 43.5. The molecule has 1 fully saturated rings. The zero-order valence-electron chi connectivity index (χ0n) is 35.2. The summed E-state index contributed by atoms with van der Waals surface area (Å²) in [7, 11) is 0. The number of hydrogen-bond acceptors (Lipinski definition) is 11. The van der Waals surface area contributed by atoms with Crippen LogP contribution in [0.1, 0.15) is 60.8 Å². The van der Waals surface area contributed by atoms with E-state index in [1.807, 2.05) is 44.7 Å². The number of urea groups is 1. The van der Waals surface area contributed by atoms with Gasteiger partial charge < -0.3 is 40.9 Å². The summed E-state index contributed by atoms with van der Waals surface area (Å²) < 4.78 is 21.1. The van der Waals surface area contributed by atoms with Crippen molar-refractivity contribution in [1.82, 2.24) is 30.6 Å². The molecule has 1 aliphatic rings. The molecule has 0 saturated carbocycles. The first-order valence-electron chi connectivity index (χ1n) is 20.2. The van der Waals surface area contributed by atoms with Crippen LogP contribution < -0.4 is 31.1 Å². The molecule has 0 unspecified atom stereocenters. The van der Waals surface area contributed by atoms with Crippen molar-refractivity contribution in [3.05, 3.63) is 100 Å². The molecular weight excluding hydrogens is 789 g/mol. The number of benzene rings is 3. The van der Waals surface area contributed by atoms with Gasteiger partial charge in [-0.05, 0) is 139 Å². The molecule has 14 nitrogen and oxygen atoms in total. The average Bonchev–Trinajstić information content (AvgIpc) is 3.24. The molecule has 0 bridgehead atoms. The Morgan fingerprint density at radius 1 is 0.817 bits per heavy atom. The van der Waals surface area contributed by atoms with Gasteiger partial charge in [-0.25, -0.2) is 9.18 Å². The molecule has 322 valence electrons. The number of anilines is 1. The van der Waals surface area contributed by atoms with Crippen LogP contribution in [0.5, 0.6) is 11.5 Å². The molecule has 3 aromatic carbocycles. The second kappa shape index (κ2) is 20.6. The van der Waals surface area contributed by atoms with Gasteiger partial charge in [0.05, 0.1) is 34.4 Å². The number of aromatic nitrogens is 2. The Balaban J connectivity index is 1.23. The summed E-state index contributed by atoms with van der Waals surface area (Å²) in [6, 6.07) is 20.0. The van der Waals surface area contributed by atoms with Crippen LogP contribution in [0.2, 0.25) is 5.02 Å². The number of piperazine rings is 1. The van der Waals surface area contributed by atoms with Gasteiger partial charge in [0.1, 0.15) is 17.3 Å². The molecule has 2 amide bonds. The van der Waals surface area contributed by atoms with Gasteiger partial charge in [0.15, 0.2) is 0 Å². The van der Waals surface area contributed by atoms with Gasteiger partial charge >= 0.3 is 11.6 Å². The minimum Gasteiger partial charge on any atom is -0.449 e. The molecule has 0 radical (unpaired) electrons. The second-order valence-electron chi connectivity index (χ2n) is 16.1. The number of nitrogens with one attached hydrogen (secondary N) is 3. The number of carbonyl (C=O) groups excluding carboxylic acids is 1. The number of carbonyl (C=O) groups is 1. The number of halogens is 2. The fraction of sp³-hybridized carbons (Fsp3) is 0.432. The van der Waals surface area contributed by atoms with E-state index >= 15 is 0 Å². The third-order valence-electron chi connectivity index (χ3n) is 11.3. The lowest BCUT2D eigenvalue weighted by atomic mass is 9.94. The smallest absolute Gasteiger partial charge is 0.317 e. The van der Waals surface area contributed by atoms with Gasteiger partial charge in [-0.3, -0.25) is 4.79 Å². The first-order chi connectivity index (χ1) is 28.6. The molecule has 2 heterocycles. The molecule has 16 heteroatoms. The van der Waals surface area contributed by atoms with Crippen molar-refractivity contribution < 1.29 is 24.3 Å². The summed E-state index contributed by atoms with van der Waals surface area (Å²) in [4.78, 5) is 31.3.